The molecule has 0 aliphatic heterocycles. The predicted molar refractivity (Wildman–Crippen MR) is 180 cm³/mol. The van der Waals surface area contributed by atoms with Crippen molar-refractivity contribution in [2.75, 3.05) is 18.5 Å². The van der Waals surface area contributed by atoms with Gasteiger partial charge in [-0.05, 0) is 37.9 Å². The molecule has 0 saturated heterocycles. The van der Waals surface area contributed by atoms with Gasteiger partial charge in [-0.2, -0.15) is 0 Å². The van der Waals surface area contributed by atoms with Crippen LogP contribution in [0.4, 0.5) is 5.69 Å². The summed E-state index contributed by atoms with van der Waals surface area (Å²) in [5.74, 6) is 0. The number of anilines is 1. The monoisotopic (exact) mass is 545 g/mol. The fraction of sp³-hybridized carbons (Fsp3) is 0.838. The van der Waals surface area contributed by atoms with Gasteiger partial charge in [0, 0.05) is 18.8 Å². The molecular weight excluding hydrogens is 472 g/mol. The first-order chi connectivity index (χ1) is 19.2. The lowest BCUT2D eigenvalue weighted by Crippen LogP contribution is -2.31. The van der Waals surface area contributed by atoms with Crippen molar-refractivity contribution in [1.82, 2.24) is 0 Å². The zero-order valence-electron chi connectivity index (χ0n) is 27.4. The number of unbranched alkanes of at least 4 members (excludes halogenated alkanes) is 20. The van der Waals surface area contributed by atoms with Crippen molar-refractivity contribution < 1.29 is 0 Å². The Bertz CT molecular complexity index is 550. The summed E-state index contributed by atoms with van der Waals surface area (Å²) in [5, 5.41) is 0. The van der Waals surface area contributed by atoms with Crippen LogP contribution >= 0.6 is 0 Å². The number of rotatable bonds is 27. The maximum absolute atomic E-state index is 5.39. The number of hydrogen-bond donors (Lipinski definition) is 1. The van der Waals surface area contributed by atoms with E-state index in [9.17, 15) is 0 Å². The van der Waals surface area contributed by atoms with E-state index < -0.39 is 0 Å². The molecule has 1 unspecified atom stereocenters. The summed E-state index contributed by atoms with van der Waals surface area (Å²) >= 11 is 0. The van der Waals surface area contributed by atoms with E-state index in [4.69, 9.17) is 5.73 Å². The smallest absolute Gasteiger partial charge is 0.0366 e. The Morgan fingerprint density at radius 3 is 1.18 bits per heavy atom. The van der Waals surface area contributed by atoms with Gasteiger partial charge >= 0.3 is 0 Å². The Kier molecular flexibility index (Phi) is 30.7. The van der Waals surface area contributed by atoms with Crippen molar-refractivity contribution in [3.05, 3.63) is 30.3 Å². The second kappa shape index (κ2) is 31.5. The predicted octanol–water partition coefficient (Wildman–Crippen LogP) is 12.2. The third-order valence-electron chi connectivity index (χ3n) is 8.30. The largest absolute Gasteiger partial charge is 0.372 e. The van der Waals surface area contributed by atoms with E-state index in [0.717, 1.165) is 6.54 Å². The molecule has 0 fully saturated rings. The Hall–Kier alpha value is -1.02. The van der Waals surface area contributed by atoms with E-state index in [0.29, 0.717) is 6.04 Å². The molecule has 0 radical (unpaired) electrons. The summed E-state index contributed by atoms with van der Waals surface area (Å²) in [6.07, 6.45) is 34.9. The van der Waals surface area contributed by atoms with Gasteiger partial charge in [-0.25, -0.2) is 0 Å². The van der Waals surface area contributed by atoms with Crippen LogP contribution in [0.15, 0.2) is 30.3 Å². The number of nitrogens with zero attached hydrogens (tertiary/aromatic N) is 1. The van der Waals surface area contributed by atoms with Gasteiger partial charge in [0.1, 0.15) is 0 Å². The molecule has 0 aromatic heterocycles. The summed E-state index contributed by atoms with van der Waals surface area (Å²) in [5.41, 5.74) is 6.78. The minimum atomic E-state index is 0.707. The van der Waals surface area contributed by atoms with Gasteiger partial charge in [0.25, 0.3) is 0 Å². The second-order valence-electron chi connectivity index (χ2n) is 12.0. The Balaban J connectivity index is 0.00000110. The van der Waals surface area contributed by atoms with Crippen LogP contribution in [0.3, 0.4) is 0 Å². The Morgan fingerprint density at radius 2 is 0.821 bits per heavy atom. The summed E-state index contributed by atoms with van der Waals surface area (Å²) in [6, 6.07) is 11.7. The quantitative estimate of drug-likeness (QED) is 0.112. The molecule has 0 aliphatic carbocycles. The molecule has 2 nitrogen and oxygen atoms in total. The first-order valence-electron chi connectivity index (χ1n) is 17.7. The summed E-state index contributed by atoms with van der Waals surface area (Å²) < 4.78 is 0. The first kappa shape index (κ1) is 38.0. The lowest BCUT2D eigenvalue weighted by molar-refractivity contribution is 0.467. The van der Waals surface area contributed by atoms with Crippen LogP contribution in [0.25, 0.3) is 0 Å². The van der Waals surface area contributed by atoms with Gasteiger partial charge < -0.3 is 10.6 Å². The third-order valence-corrected chi connectivity index (χ3v) is 8.30. The minimum absolute atomic E-state index is 0.707. The average Bonchev–Trinajstić information content (AvgIpc) is 2.97. The van der Waals surface area contributed by atoms with Crippen LogP contribution in [0.1, 0.15) is 181 Å². The van der Waals surface area contributed by atoms with E-state index >= 15 is 0 Å². The third kappa shape index (κ3) is 25.7. The summed E-state index contributed by atoms with van der Waals surface area (Å²) in [4.78, 5) is 2.55. The highest BCUT2D eigenvalue weighted by molar-refractivity contribution is 5.46. The molecule has 1 aromatic carbocycles. The molecule has 39 heavy (non-hydrogen) atoms. The molecule has 0 heterocycles. The van der Waals surface area contributed by atoms with Crippen molar-refractivity contribution in [3.8, 4) is 0 Å². The van der Waals surface area contributed by atoms with E-state index in [2.05, 4.69) is 63.1 Å². The zero-order valence-corrected chi connectivity index (χ0v) is 27.4. The topological polar surface area (TPSA) is 29.3 Å². The summed E-state index contributed by atoms with van der Waals surface area (Å²) in [7, 11) is 2.31. The fourth-order valence-electron chi connectivity index (χ4n) is 5.53. The molecule has 1 rings (SSSR count). The fourth-order valence-corrected chi connectivity index (χ4v) is 5.53. The molecule has 0 saturated carbocycles. The van der Waals surface area contributed by atoms with Crippen LogP contribution in [-0.4, -0.2) is 19.6 Å². The lowest BCUT2D eigenvalue weighted by atomic mass is 9.98. The second-order valence-corrected chi connectivity index (χ2v) is 12.0. The van der Waals surface area contributed by atoms with Gasteiger partial charge in [-0.15, -0.1) is 0 Å². The van der Waals surface area contributed by atoms with Crippen molar-refractivity contribution in [2.45, 2.75) is 187 Å². The van der Waals surface area contributed by atoms with E-state index in [1.54, 1.807) is 0 Å². The van der Waals surface area contributed by atoms with Gasteiger partial charge in [0.05, 0.1) is 0 Å². The first-order valence-corrected chi connectivity index (χ1v) is 17.7. The normalized spacial score (nSPS) is 11.7. The van der Waals surface area contributed by atoms with Crippen molar-refractivity contribution >= 4 is 5.69 Å². The standard InChI is InChI=1S/C27H49N.C10H23N/c1-4-6-8-10-12-14-16-19-23-26(22-18-15-13-11-9-7-5-2)28(3)27-24-20-17-21-25-27;1-2-3-4-5-6-7-8-9-10-11/h17,20-21,24-26H,4-16,18-19,22-23H2,1-3H3;2-11H2,1H3. The molecule has 0 aliphatic rings. The van der Waals surface area contributed by atoms with Crippen molar-refractivity contribution in [1.29, 1.82) is 0 Å². The van der Waals surface area contributed by atoms with Gasteiger partial charge in [0.15, 0.2) is 0 Å². The molecule has 230 valence electrons. The summed E-state index contributed by atoms with van der Waals surface area (Å²) in [6.45, 7) is 7.73. The van der Waals surface area contributed by atoms with E-state index in [-0.39, 0.29) is 0 Å². The Labute approximate surface area is 247 Å². The van der Waals surface area contributed by atoms with Gasteiger partial charge in [0.2, 0.25) is 0 Å². The highest BCUT2D eigenvalue weighted by Crippen LogP contribution is 2.23. The van der Waals surface area contributed by atoms with Crippen LogP contribution in [-0.2, 0) is 0 Å². The average molecular weight is 545 g/mol. The molecule has 0 amide bonds. The zero-order chi connectivity index (χ0) is 28.7. The Morgan fingerprint density at radius 1 is 0.487 bits per heavy atom. The van der Waals surface area contributed by atoms with E-state index in [1.165, 1.54) is 166 Å². The SMILES string of the molecule is CCCCCCCCCCC(CCCCCCCCC)N(C)c1ccccc1.CCCCCCCCCCN. The van der Waals surface area contributed by atoms with E-state index in [1.807, 2.05) is 0 Å². The number of hydrogen-bond acceptors (Lipinski definition) is 2. The lowest BCUT2D eigenvalue weighted by Gasteiger charge is -2.30. The molecular formula is C37H72N2. The van der Waals surface area contributed by atoms with Crippen LogP contribution in [0.5, 0.6) is 0 Å². The van der Waals surface area contributed by atoms with Crippen LogP contribution in [0, 0.1) is 0 Å². The van der Waals surface area contributed by atoms with Crippen LogP contribution < -0.4 is 10.6 Å². The molecule has 2 heteroatoms. The number of benzene rings is 1. The minimum Gasteiger partial charge on any atom is -0.372 e. The molecule has 0 bridgehead atoms. The highest BCUT2D eigenvalue weighted by atomic mass is 15.1. The number of nitrogens with two attached hydrogens (primary N) is 1. The van der Waals surface area contributed by atoms with Gasteiger partial charge in [-0.3, -0.25) is 0 Å². The van der Waals surface area contributed by atoms with Crippen molar-refractivity contribution in [3.63, 3.8) is 0 Å². The highest BCUT2D eigenvalue weighted by Gasteiger charge is 2.14. The van der Waals surface area contributed by atoms with Gasteiger partial charge in [-0.1, -0.05) is 180 Å². The molecule has 1 atom stereocenters. The maximum atomic E-state index is 5.39. The van der Waals surface area contributed by atoms with Crippen LogP contribution in [0.2, 0.25) is 0 Å². The molecule has 0 spiro atoms. The number of para-hydroxylation sites is 1. The molecule has 2 N–H and O–H groups in total. The van der Waals surface area contributed by atoms with Crippen molar-refractivity contribution in [2.24, 2.45) is 5.73 Å². The molecule has 1 aromatic rings. The maximum Gasteiger partial charge on any atom is 0.0366 e.